The lowest BCUT2D eigenvalue weighted by atomic mass is 9.72. The van der Waals surface area contributed by atoms with Gasteiger partial charge >= 0.3 is 0 Å². The summed E-state index contributed by atoms with van der Waals surface area (Å²) in [5, 5.41) is 5.90. The second kappa shape index (κ2) is 7.20. The smallest absolute Gasteiger partial charge is 0.242 e. The summed E-state index contributed by atoms with van der Waals surface area (Å²) in [6.07, 6.45) is 2.67. The van der Waals surface area contributed by atoms with E-state index in [1.807, 2.05) is 13.8 Å². The quantitative estimate of drug-likeness (QED) is 0.700. The summed E-state index contributed by atoms with van der Waals surface area (Å²) in [6.45, 7) is 14.5. The molecular formula is C18H35N3O2. The van der Waals surface area contributed by atoms with Gasteiger partial charge in [0.15, 0.2) is 0 Å². The molecule has 4 atom stereocenters. The van der Waals surface area contributed by atoms with Crippen molar-refractivity contribution in [3.8, 4) is 0 Å². The molecule has 1 aliphatic rings. The Kier molecular flexibility index (Phi) is 6.25. The van der Waals surface area contributed by atoms with Crippen molar-refractivity contribution in [3.05, 3.63) is 0 Å². The van der Waals surface area contributed by atoms with Crippen LogP contribution < -0.4 is 16.4 Å². The molecule has 0 aromatic rings. The van der Waals surface area contributed by atoms with Crippen LogP contribution in [-0.2, 0) is 9.59 Å². The molecule has 23 heavy (non-hydrogen) atoms. The average Bonchev–Trinajstić information content (AvgIpc) is 2.61. The average molecular weight is 325 g/mol. The molecule has 1 saturated carbocycles. The van der Waals surface area contributed by atoms with Gasteiger partial charge in [0.1, 0.15) is 6.04 Å². The summed E-state index contributed by atoms with van der Waals surface area (Å²) in [4.78, 5) is 24.6. The van der Waals surface area contributed by atoms with Crippen LogP contribution in [0, 0.1) is 17.3 Å². The zero-order valence-corrected chi connectivity index (χ0v) is 15.8. The summed E-state index contributed by atoms with van der Waals surface area (Å²) in [5.41, 5.74) is 5.65. The second-order valence-electron chi connectivity index (χ2n) is 8.45. The number of nitrogens with one attached hydrogen (secondary N) is 2. The number of amides is 2. The molecule has 2 unspecified atom stereocenters. The Bertz CT molecular complexity index is 448. The number of hydrogen-bond donors (Lipinski definition) is 3. The van der Waals surface area contributed by atoms with Gasteiger partial charge in [0, 0.05) is 5.54 Å². The summed E-state index contributed by atoms with van der Waals surface area (Å²) in [5.74, 6) is 0.502. The molecule has 0 aromatic carbocycles. The van der Waals surface area contributed by atoms with Crippen LogP contribution in [-0.4, -0.2) is 29.4 Å². The third-order valence-electron chi connectivity index (χ3n) is 5.94. The van der Waals surface area contributed by atoms with Crippen LogP contribution in [0.3, 0.4) is 0 Å². The maximum atomic E-state index is 12.5. The van der Waals surface area contributed by atoms with Crippen LogP contribution in [0.25, 0.3) is 0 Å². The number of carbonyl (C=O) groups is 2. The molecule has 4 N–H and O–H groups in total. The fraction of sp³-hybridized carbons (Fsp3) is 0.889. The first kappa shape index (κ1) is 19.9. The minimum atomic E-state index is -0.579. The third-order valence-corrected chi connectivity index (χ3v) is 5.94. The van der Waals surface area contributed by atoms with E-state index in [1.165, 1.54) is 0 Å². The molecule has 0 aromatic heterocycles. The second-order valence-corrected chi connectivity index (χ2v) is 8.45. The maximum Gasteiger partial charge on any atom is 0.242 e. The molecule has 134 valence electrons. The van der Waals surface area contributed by atoms with E-state index in [0.29, 0.717) is 18.3 Å². The van der Waals surface area contributed by atoms with Gasteiger partial charge in [-0.15, -0.1) is 0 Å². The van der Waals surface area contributed by atoms with E-state index < -0.39 is 12.1 Å². The molecule has 0 saturated heterocycles. The lowest BCUT2D eigenvalue weighted by Gasteiger charge is -2.42. The molecule has 5 heteroatoms. The fourth-order valence-corrected chi connectivity index (χ4v) is 3.34. The van der Waals surface area contributed by atoms with Crippen molar-refractivity contribution in [1.82, 2.24) is 10.6 Å². The molecule has 0 aliphatic heterocycles. The Labute approximate surface area is 141 Å². The lowest BCUT2D eigenvalue weighted by Crippen LogP contribution is -2.59. The fourth-order valence-electron chi connectivity index (χ4n) is 3.34. The topological polar surface area (TPSA) is 84.2 Å². The first-order chi connectivity index (χ1) is 10.4. The Hall–Kier alpha value is -1.10. The van der Waals surface area contributed by atoms with Crippen molar-refractivity contribution in [3.63, 3.8) is 0 Å². The van der Waals surface area contributed by atoms with E-state index >= 15 is 0 Å². The van der Waals surface area contributed by atoms with Gasteiger partial charge in [-0.2, -0.15) is 0 Å². The van der Waals surface area contributed by atoms with E-state index in [2.05, 4.69) is 38.3 Å². The Morgan fingerprint density at radius 1 is 1.17 bits per heavy atom. The van der Waals surface area contributed by atoms with E-state index in [1.54, 1.807) is 6.92 Å². The highest BCUT2D eigenvalue weighted by molar-refractivity contribution is 5.89. The van der Waals surface area contributed by atoms with Crippen LogP contribution in [0.5, 0.6) is 0 Å². The predicted octanol–water partition coefficient (Wildman–Crippen LogP) is 2.20. The minimum Gasteiger partial charge on any atom is -0.349 e. The zero-order chi connectivity index (χ0) is 18.0. The summed E-state index contributed by atoms with van der Waals surface area (Å²) >= 11 is 0. The lowest BCUT2D eigenvalue weighted by molar-refractivity contribution is -0.131. The molecule has 0 radical (unpaired) electrons. The molecule has 0 bridgehead atoms. The molecule has 0 spiro atoms. The monoisotopic (exact) mass is 325 g/mol. The molecule has 1 rings (SSSR count). The largest absolute Gasteiger partial charge is 0.349 e. The molecule has 1 aliphatic carbocycles. The van der Waals surface area contributed by atoms with Crippen molar-refractivity contribution in [2.24, 2.45) is 23.0 Å². The van der Waals surface area contributed by atoms with Crippen LogP contribution in [0.15, 0.2) is 0 Å². The van der Waals surface area contributed by atoms with E-state index in [-0.39, 0.29) is 22.8 Å². The van der Waals surface area contributed by atoms with Gasteiger partial charge in [0.2, 0.25) is 11.8 Å². The van der Waals surface area contributed by atoms with Crippen molar-refractivity contribution in [1.29, 1.82) is 0 Å². The van der Waals surface area contributed by atoms with Crippen molar-refractivity contribution in [2.45, 2.75) is 85.4 Å². The standard InChI is InChI=1S/C18H35N3O2/c1-11(2)10-14(19)16(23)20-13(4)15(22)21-18(7)9-8-12(3)17(18,5)6/h11-14H,8-10,19H2,1-7H3,(H,20,23)(H,21,22)/t12?,13-,14+,18?/m1/s1. The predicted molar refractivity (Wildman–Crippen MR) is 93.8 cm³/mol. The van der Waals surface area contributed by atoms with Crippen LogP contribution >= 0.6 is 0 Å². The highest BCUT2D eigenvalue weighted by Gasteiger charge is 2.50. The minimum absolute atomic E-state index is 0.0282. The van der Waals surface area contributed by atoms with E-state index in [9.17, 15) is 9.59 Å². The van der Waals surface area contributed by atoms with Gasteiger partial charge in [-0.3, -0.25) is 9.59 Å². The van der Waals surface area contributed by atoms with Gasteiger partial charge < -0.3 is 16.4 Å². The van der Waals surface area contributed by atoms with E-state index in [0.717, 1.165) is 12.8 Å². The third kappa shape index (κ3) is 4.46. The molecular weight excluding hydrogens is 290 g/mol. The van der Waals surface area contributed by atoms with Gasteiger partial charge in [0.25, 0.3) is 0 Å². The molecule has 1 fully saturated rings. The summed E-state index contributed by atoms with van der Waals surface area (Å²) in [6, 6.07) is -1.15. The zero-order valence-electron chi connectivity index (χ0n) is 15.8. The van der Waals surface area contributed by atoms with Gasteiger partial charge in [-0.25, -0.2) is 0 Å². The van der Waals surface area contributed by atoms with Crippen molar-refractivity contribution < 1.29 is 9.59 Å². The summed E-state index contributed by atoms with van der Waals surface area (Å²) in [7, 11) is 0. The van der Waals surface area contributed by atoms with Crippen LogP contribution in [0.2, 0.25) is 0 Å². The van der Waals surface area contributed by atoms with Gasteiger partial charge in [-0.05, 0) is 50.4 Å². The van der Waals surface area contributed by atoms with Crippen LogP contribution in [0.4, 0.5) is 0 Å². The van der Waals surface area contributed by atoms with E-state index in [4.69, 9.17) is 5.73 Å². The molecule has 0 heterocycles. The molecule has 2 amide bonds. The number of nitrogens with two attached hydrogens (primary N) is 1. The highest BCUT2D eigenvalue weighted by Crippen LogP contribution is 2.49. The van der Waals surface area contributed by atoms with Crippen molar-refractivity contribution >= 4 is 11.8 Å². The first-order valence-electron chi connectivity index (χ1n) is 8.78. The maximum absolute atomic E-state index is 12.5. The Balaban J connectivity index is 2.63. The normalized spacial score (nSPS) is 29.2. The molecule has 5 nitrogen and oxygen atoms in total. The first-order valence-corrected chi connectivity index (χ1v) is 8.78. The Morgan fingerprint density at radius 2 is 1.74 bits per heavy atom. The Morgan fingerprint density at radius 3 is 2.17 bits per heavy atom. The number of rotatable bonds is 6. The summed E-state index contributed by atoms with van der Waals surface area (Å²) < 4.78 is 0. The van der Waals surface area contributed by atoms with Gasteiger partial charge in [0.05, 0.1) is 6.04 Å². The number of carbonyl (C=O) groups excluding carboxylic acids is 2. The van der Waals surface area contributed by atoms with Crippen molar-refractivity contribution in [2.75, 3.05) is 0 Å². The SMILES string of the molecule is CC(C)C[C@H](N)C(=O)N[C@H](C)C(=O)NC1(C)CCC(C)C1(C)C. The van der Waals surface area contributed by atoms with Gasteiger partial charge in [-0.1, -0.05) is 34.6 Å². The van der Waals surface area contributed by atoms with Crippen LogP contribution in [0.1, 0.15) is 67.7 Å². The highest BCUT2D eigenvalue weighted by atomic mass is 16.2. The number of hydrogen-bond acceptors (Lipinski definition) is 3.